The van der Waals surface area contributed by atoms with Gasteiger partial charge in [-0.3, -0.25) is 0 Å². The molecule has 3 nitrogen and oxygen atoms in total. The lowest BCUT2D eigenvalue weighted by Crippen LogP contribution is -1.95. The summed E-state index contributed by atoms with van der Waals surface area (Å²) >= 11 is 0. The summed E-state index contributed by atoms with van der Waals surface area (Å²) in [6.45, 7) is 0. The van der Waals surface area contributed by atoms with Gasteiger partial charge in [0.1, 0.15) is 0 Å². The van der Waals surface area contributed by atoms with E-state index in [9.17, 15) is 0 Å². The lowest BCUT2D eigenvalue weighted by Gasteiger charge is -2.05. The minimum absolute atomic E-state index is 0.791. The van der Waals surface area contributed by atoms with E-state index in [0.717, 1.165) is 30.5 Å². The van der Waals surface area contributed by atoms with Crippen molar-refractivity contribution >= 4 is 11.4 Å². The molecule has 0 heterocycles. The van der Waals surface area contributed by atoms with Gasteiger partial charge in [0.05, 0.1) is 0 Å². The normalized spacial score (nSPS) is 9.29. The molecule has 2 rings (SSSR count). The molecule has 0 spiro atoms. The Morgan fingerprint density at radius 1 is 0.882 bits per heavy atom. The van der Waals surface area contributed by atoms with E-state index in [1.165, 1.54) is 5.56 Å². The van der Waals surface area contributed by atoms with Gasteiger partial charge in [0, 0.05) is 18.5 Å². The van der Waals surface area contributed by atoms with Crippen LogP contribution in [0.5, 0.6) is 0 Å². The van der Waals surface area contributed by atoms with Gasteiger partial charge in [0.15, 0.2) is 0 Å². The second-order valence-electron chi connectivity index (χ2n) is 3.62. The molecule has 0 fully saturated rings. The van der Waals surface area contributed by atoms with Crippen LogP contribution in [0.2, 0.25) is 0 Å². The fourth-order valence-corrected chi connectivity index (χ4v) is 1.55. The summed E-state index contributed by atoms with van der Waals surface area (Å²) in [6.07, 6.45) is 0.854. The third kappa shape index (κ3) is 3.81. The van der Waals surface area contributed by atoms with Crippen LogP contribution in [0.15, 0.2) is 48.5 Å². The first-order valence-electron chi connectivity index (χ1n) is 5.38. The largest absolute Gasteiger partial charge is 0.400 e. The second kappa shape index (κ2) is 6.55. The highest BCUT2D eigenvalue weighted by molar-refractivity contribution is 5.49. The summed E-state index contributed by atoms with van der Waals surface area (Å²) in [5.41, 5.74) is 15.5. The Labute approximate surface area is 102 Å². The Hall–Kier alpha value is -2.00. The van der Waals surface area contributed by atoms with Crippen LogP contribution in [0, 0.1) is 0 Å². The number of aliphatic hydroxyl groups is 1. The van der Waals surface area contributed by atoms with Crippen molar-refractivity contribution in [1.82, 2.24) is 0 Å². The van der Waals surface area contributed by atoms with Crippen LogP contribution in [-0.2, 0) is 6.42 Å². The first-order valence-corrected chi connectivity index (χ1v) is 5.38. The fourth-order valence-electron chi connectivity index (χ4n) is 1.55. The summed E-state index contributed by atoms with van der Waals surface area (Å²) in [5.74, 6) is 0. The molecule has 0 bridgehead atoms. The van der Waals surface area contributed by atoms with Crippen molar-refractivity contribution in [2.24, 2.45) is 0 Å². The topological polar surface area (TPSA) is 72.3 Å². The van der Waals surface area contributed by atoms with Crippen molar-refractivity contribution < 1.29 is 5.11 Å². The molecular weight excluding hydrogens is 212 g/mol. The van der Waals surface area contributed by atoms with Gasteiger partial charge in [0.25, 0.3) is 0 Å². The van der Waals surface area contributed by atoms with Gasteiger partial charge in [-0.1, -0.05) is 30.3 Å². The minimum Gasteiger partial charge on any atom is -0.400 e. The van der Waals surface area contributed by atoms with Crippen molar-refractivity contribution in [3.05, 3.63) is 59.7 Å². The SMILES string of the molecule is CO.Nc1ccc(Cc2ccccc2N)cc1. The number of hydrogen-bond donors (Lipinski definition) is 3. The van der Waals surface area contributed by atoms with Gasteiger partial charge in [-0.25, -0.2) is 0 Å². The zero-order valence-corrected chi connectivity index (χ0v) is 9.93. The Balaban J connectivity index is 0.000000686. The van der Waals surface area contributed by atoms with Gasteiger partial charge in [0.2, 0.25) is 0 Å². The van der Waals surface area contributed by atoms with Crippen molar-refractivity contribution in [2.75, 3.05) is 18.6 Å². The number of anilines is 2. The monoisotopic (exact) mass is 230 g/mol. The van der Waals surface area contributed by atoms with Crippen molar-refractivity contribution in [2.45, 2.75) is 6.42 Å². The van der Waals surface area contributed by atoms with Crippen molar-refractivity contribution in [3.63, 3.8) is 0 Å². The van der Waals surface area contributed by atoms with E-state index in [1.54, 1.807) is 0 Å². The molecule has 2 aromatic rings. The molecule has 0 atom stereocenters. The zero-order chi connectivity index (χ0) is 12.7. The molecule has 2 aromatic carbocycles. The highest BCUT2D eigenvalue weighted by Gasteiger charge is 1.99. The Bertz CT molecular complexity index is 452. The van der Waals surface area contributed by atoms with E-state index in [-0.39, 0.29) is 0 Å². The third-order valence-electron chi connectivity index (χ3n) is 2.43. The minimum atomic E-state index is 0.791. The molecule has 0 radical (unpaired) electrons. The molecule has 0 aliphatic heterocycles. The Morgan fingerprint density at radius 3 is 2.06 bits per heavy atom. The first-order chi connectivity index (χ1) is 8.25. The maximum atomic E-state index is 7.00. The molecule has 0 aliphatic carbocycles. The number of nitrogen functional groups attached to an aromatic ring is 2. The van der Waals surface area contributed by atoms with Crippen LogP contribution in [0.25, 0.3) is 0 Å². The number of rotatable bonds is 2. The summed E-state index contributed by atoms with van der Waals surface area (Å²) in [4.78, 5) is 0. The third-order valence-corrected chi connectivity index (χ3v) is 2.43. The van der Waals surface area contributed by atoms with Crippen LogP contribution in [0.1, 0.15) is 11.1 Å². The predicted molar refractivity (Wildman–Crippen MR) is 72.7 cm³/mol. The van der Waals surface area contributed by atoms with Gasteiger partial charge in [-0.2, -0.15) is 0 Å². The summed E-state index contributed by atoms with van der Waals surface area (Å²) in [5, 5.41) is 7.00. The number of para-hydroxylation sites is 1. The van der Waals surface area contributed by atoms with Crippen LogP contribution in [0.4, 0.5) is 11.4 Å². The molecule has 0 amide bonds. The van der Waals surface area contributed by atoms with E-state index in [2.05, 4.69) is 0 Å². The summed E-state index contributed by atoms with van der Waals surface area (Å²) in [7, 11) is 1.00. The smallest absolute Gasteiger partial charge is 0.0349 e. The number of hydrogen-bond acceptors (Lipinski definition) is 3. The van der Waals surface area contributed by atoms with Crippen molar-refractivity contribution in [3.8, 4) is 0 Å². The quantitative estimate of drug-likeness (QED) is 0.691. The summed E-state index contributed by atoms with van der Waals surface area (Å²) in [6, 6.07) is 15.8. The van der Waals surface area contributed by atoms with E-state index in [1.807, 2.05) is 48.5 Å². The summed E-state index contributed by atoms with van der Waals surface area (Å²) < 4.78 is 0. The average Bonchev–Trinajstić information content (AvgIpc) is 2.37. The maximum Gasteiger partial charge on any atom is 0.0349 e. The number of benzene rings is 2. The Kier molecular flexibility index (Phi) is 5.04. The van der Waals surface area contributed by atoms with Crippen LogP contribution in [-0.4, -0.2) is 12.2 Å². The molecule has 0 aliphatic rings. The van der Waals surface area contributed by atoms with Crippen LogP contribution in [0.3, 0.4) is 0 Å². The number of nitrogens with two attached hydrogens (primary N) is 2. The van der Waals surface area contributed by atoms with Gasteiger partial charge in [-0.05, 0) is 35.7 Å². The van der Waals surface area contributed by atoms with Crippen LogP contribution >= 0.6 is 0 Å². The maximum absolute atomic E-state index is 7.00. The molecule has 5 N–H and O–H groups in total. The van der Waals surface area contributed by atoms with E-state index in [4.69, 9.17) is 16.6 Å². The van der Waals surface area contributed by atoms with Crippen LogP contribution < -0.4 is 11.5 Å². The molecular formula is C14H18N2O. The first kappa shape index (κ1) is 13.1. The average molecular weight is 230 g/mol. The molecule has 0 saturated carbocycles. The highest BCUT2D eigenvalue weighted by atomic mass is 16.2. The second-order valence-corrected chi connectivity index (χ2v) is 3.62. The van der Waals surface area contributed by atoms with Crippen molar-refractivity contribution in [1.29, 1.82) is 0 Å². The lowest BCUT2D eigenvalue weighted by molar-refractivity contribution is 0.399. The lowest BCUT2D eigenvalue weighted by atomic mass is 10.0. The molecule has 0 aromatic heterocycles. The van der Waals surface area contributed by atoms with E-state index in [0.29, 0.717) is 0 Å². The molecule has 0 unspecified atom stereocenters. The number of aliphatic hydroxyl groups excluding tert-OH is 1. The predicted octanol–water partition coefficient (Wildman–Crippen LogP) is 2.05. The highest BCUT2D eigenvalue weighted by Crippen LogP contribution is 2.16. The van der Waals surface area contributed by atoms with E-state index < -0.39 is 0 Å². The van der Waals surface area contributed by atoms with Gasteiger partial charge in [-0.15, -0.1) is 0 Å². The Morgan fingerprint density at radius 2 is 1.47 bits per heavy atom. The molecule has 90 valence electrons. The molecule has 0 saturated heterocycles. The standard InChI is InChI=1S/C13H14N2.CH4O/c14-12-7-5-10(6-8-12)9-11-3-1-2-4-13(11)15;1-2/h1-8H,9,14-15H2;2H,1H3. The van der Waals surface area contributed by atoms with Gasteiger partial charge >= 0.3 is 0 Å². The molecule has 17 heavy (non-hydrogen) atoms. The van der Waals surface area contributed by atoms with Gasteiger partial charge < -0.3 is 16.6 Å². The van der Waals surface area contributed by atoms with E-state index >= 15 is 0 Å². The zero-order valence-electron chi connectivity index (χ0n) is 9.93. The fraction of sp³-hybridized carbons (Fsp3) is 0.143. The molecule has 3 heteroatoms.